The second kappa shape index (κ2) is 13.8. The summed E-state index contributed by atoms with van der Waals surface area (Å²) in [5, 5.41) is 0. The lowest BCUT2D eigenvalue weighted by Gasteiger charge is -2.25. The number of likely N-dealkylation sites (tertiary alicyclic amines) is 1. The molecule has 1 aliphatic heterocycles. The third-order valence-electron chi connectivity index (χ3n) is 5.13. The van der Waals surface area contributed by atoms with Crippen molar-refractivity contribution in [2.75, 3.05) is 19.8 Å². The van der Waals surface area contributed by atoms with E-state index in [0.717, 1.165) is 19.3 Å². The van der Waals surface area contributed by atoms with Crippen LogP contribution in [0.15, 0.2) is 0 Å². The number of amides is 1. The molecule has 1 aliphatic rings. The lowest BCUT2D eigenvalue weighted by Crippen LogP contribution is -2.42. The zero-order chi connectivity index (χ0) is 20.8. The fourth-order valence-corrected chi connectivity index (χ4v) is 3.45. The molecule has 5 heteroatoms. The van der Waals surface area contributed by atoms with E-state index in [-0.39, 0.29) is 11.4 Å². The van der Waals surface area contributed by atoms with Crippen LogP contribution in [0.25, 0.3) is 0 Å². The van der Waals surface area contributed by atoms with E-state index in [1.807, 2.05) is 20.8 Å². The molecule has 28 heavy (non-hydrogen) atoms. The van der Waals surface area contributed by atoms with Crippen molar-refractivity contribution < 1.29 is 19.1 Å². The third-order valence-corrected chi connectivity index (χ3v) is 5.13. The first-order valence-electron chi connectivity index (χ1n) is 11.4. The minimum absolute atomic E-state index is 0.0824. The van der Waals surface area contributed by atoms with E-state index in [1.165, 1.54) is 56.3 Å². The Bertz CT molecular complexity index is 444. The Morgan fingerprint density at radius 2 is 1.46 bits per heavy atom. The van der Waals surface area contributed by atoms with Crippen LogP contribution in [0.3, 0.4) is 0 Å². The average molecular weight is 398 g/mol. The van der Waals surface area contributed by atoms with Crippen molar-refractivity contribution in [2.24, 2.45) is 5.41 Å². The summed E-state index contributed by atoms with van der Waals surface area (Å²) in [5.41, 5.74) is -0.0824. The highest BCUT2D eigenvalue weighted by molar-refractivity contribution is 5.82. The molecule has 0 bridgehead atoms. The van der Waals surface area contributed by atoms with E-state index < -0.39 is 12.1 Å². The van der Waals surface area contributed by atoms with Gasteiger partial charge in [-0.1, -0.05) is 85.5 Å². The van der Waals surface area contributed by atoms with Gasteiger partial charge in [-0.15, -0.1) is 0 Å². The van der Waals surface area contributed by atoms with Gasteiger partial charge in [0, 0.05) is 6.54 Å². The molecular weight excluding hydrogens is 354 g/mol. The van der Waals surface area contributed by atoms with Gasteiger partial charge in [0.15, 0.2) is 0 Å². The second-order valence-electron chi connectivity index (χ2n) is 9.32. The second-order valence-corrected chi connectivity index (χ2v) is 9.32. The molecule has 1 heterocycles. The smallest absolute Gasteiger partial charge is 0.410 e. The van der Waals surface area contributed by atoms with Gasteiger partial charge in [-0.05, 0) is 24.7 Å². The molecule has 0 N–H and O–H groups in total. The van der Waals surface area contributed by atoms with Crippen LogP contribution in [0, 0.1) is 5.41 Å². The maximum Gasteiger partial charge on any atom is 0.410 e. The van der Waals surface area contributed by atoms with Crippen LogP contribution in [-0.4, -0.2) is 42.8 Å². The normalized spacial score (nSPS) is 17.0. The van der Waals surface area contributed by atoms with E-state index >= 15 is 0 Å². The number of carbonyl (C=O) groups excluding carboxylic acids is 2. The molecule has 1 unspecified atom stereocenters. The van der Waals surface area contributed by atoms with Gasteiger partial charge in [0.25, 0.3) is 0 Å². The number of ether oxygens (including phenoxy) is 2. The summed E-state index contributed by atoms with van der Waals surface area (Å²) in [6.45, 7) is 9.67. The summed E-state index contributed by atoms with van der Waals surface area (Å²) >= 11 is 0. The predicted octanol–water partition coefficient (Wildman–Crippen LogP) is 6.10. The van der Waals surface area contributed by atoms with Crippen molar-refractivity contribution in [3.8, 4) is 0 Å². The highest BCUT2D eigenvalue weighted by atomic mass is 16.6. The lowest BCUT2D eigenvalue weighted by atomic mass is 9.99. The molecule has 0 aliphatic carbocycles. The van der Waals surface area contributed by atoms with Gasteiger partial charge in [0.1, 0.15) is 6.04 Å². The highest BCUT2D eigenvalue weighted by Crippen LogP contribution is 2.21. The van der Waals surface area contributed by atoms with Crippen molar-refractivity contribution in [3.63, 3.8) is 0 Å². The summed E-state index contributed by atoms with van der Waals surface area (Å²) in [6.07, 6.45) is 13.6. The molecule has 0 aromatic carbocycles. The molecule has 0 aromatic rings. The van der Waals surface area contributed by atoms with E-state index in [2.05, 4.69) is 6.92 Å². The molecule has 1 atom stereocenters. The first-order chi connectivity index (χ1) is 13.3. The van der Waals surface area contributed by atoms with Crippen LogP contribution < -0.4 is 0 Å². The van der Waals surface area contributed by atoms with E-state index in [4.69, 9.17) is 9.47 Å². The van der Waals surface area contributed by atoms with Crippen LogP contribution in [-0.2, 0) is 14.3 Å². The summed E-state index contributed by atoms with van der Waals surface area (Å²) in [7, 11) is 0. The summed E-state index contributed by atoms with van der Waals surface area (Å²) < 4.78 is 10.8. The van der Waals surface area contributed by atoms with Crippen LogP contribution in [0.2, 0.25) is 0 Å². The minimum atomic E-state index is -0.476. The van der Waals surface area contributed by atoms with Crippen molar-refractivity contribution in [1.29, 1.82) is 0 Å². The van der Waals surface area contributed by atoms with E-state index in [1.54, 1.807) is 0 Å². The molecule has 0 saturated carbocycles. The lowest BCUT2D eigenvalue weighted by molar-refractivity contribution is -0.148. The first kappa shape index (κ1) is 24.8. The number of nitrogens with zero attached hydrogens (tertiary/aromatic N) is 1. The summed E-state index contributed by atoms with van der Waals surface area (Å²) in [5.74, 6) is -0.277. The Kier molecular flexibility index (Phi) is 12.2. The van der Waals surface area contributed by atoms with Crippen molar-refractivity contribution in [3.05, 3.63) is 0 Å². The molecular formula is C23H43NO4. The summed E-state index contributed by atoms with van der Waals surface area (Å²) in [6, 6.07) is -0.476. The predicted molar refractivity (Wildman–Crippen MR) is 113 cm³/mol. The molecule has 0 radical (unpaired) electrons. The van der Waals surface area contributed by atoms with Crippen LogP contribution in [0.4, 0.5) is 4.79 Å². The minimum Gasteiger partial charge on any atom is -0.464 e. The number of esters is 1. The SMILES string of the molecule is CCCCCCCCCCCCOC(=O)C1CCCN1C(=O)OCC(C)(C)C. The van der Waals surface area contributed by atoms with Gasteiger partial charge in [0.2, 0.25) is 0 Å². The fraction of sp³-hybridized carbons (Fsp3) is 0.913. The van der Waals surface area contributed by atoms with Crippen LogP contribution >= 0.6 is 0 Å². The van der Waals surface area contributed by atoms with Gasteiger partial charge in [-0.3, -0.25) is 4.90 Å². The van der Waals surface area contributed by atoms with Gasteiger partial charge >= 0.3 is 12.1 Å². The van der Waals surface area contributed by atoms with Gasteiger partial charge in [-0.2, -0.15) is 0 Å². The van der Waals surface area contributed by atoms with E-state index in [0.29, 0.717) is 26.2 Å². The number of unbranched alkanes of at least 4 members (excludes halogenated alkanes) is 9. The Hall–Kier alpha value is -1.26. The van der Waals surface area contributed by atoms with Gasteiger partial charge in [0.05, 0.1) is 13.2 Å². The molecule has 0 aromatic heterocycles. The molecule has 1 fully saturated rings. The Morgan fingerprint density at radius 3 is 2.04 bits per heavy atom. The molecule has 1 amide bonds. The standard InChI is InChI=1S/C23H43NO4/c1-5-6-7-8-9-10-11-12-13-14-18-27-21(25)20-16-15-17-24(20)22(26)28-19-23(2,3)4/h20H,5-19H2,1-4H3. The van der Waals surface area contributed by atoms with Crippen LogP contribution in [0.1, 0.15) is 105 Å². The molecule has 5 nitrogen and oxygen atoms in total. The number of carbonyl (C=O) groups is 2. The Labute approximate surface area is 172 Å². The molecule has 1 saturated heterocycles. The third kappa shape index (κ3) is 10.9. The largest absolute Gasteiger partial charge is 0.464 e. The highest BCUT2D eigenvalue weighted by Gasteiger charge is 2.36. The molecule has 1 rings (SSSR count). The Balaban J connectivity index is 2.11. The topological polar surface area (TPSA) is 55.8 Å². The van der Waals surface area contributed by atoms with Crippen molar-refractivity contribution in [1.82, 2.24) is 4.90 Å². The zero-order valence-corrected chi connectivity index (χ0v) is 18.8. The molecule has 0 spiro atoms. The van der Waals surface area contributed by atoms with Gasteiger partial charge in [-0.25, -0.2) is 9.59 Å². The van der Waals surface area contributed by atoms with Crippen molar-refractivity contribution >= 4 is 12.1 Å². The maximum absolute atomic E-state index is 12.4. The van der Waals surface area contributed by atoms with Gasteiger partial charge < -0.3 is 9.47 Å². The van der Waals surface area contributed by atoms with Crippen molar-refractivity contribution in [2.45, 2.75) is 111 Å². The number of hydrogen-bond acceptors (Lipinski definition) is 4. The number of hydrogen-bond donors (Lipinski definition) is 0. The number of rotatable bonds is 13. The zero-order valence-electron chi connectivity index (χ0n) is 18.8. The van der Waals surface area contributed by atoms with E-state index in [9.17, 15) is 9.59 Å². The average Bonchev–Trinajstić information content (AvgIpc) is 3.13. The first-order valence-corrected chi connectivity index (χ1v) is 11.4. The van der Waals surface area contributed by atoms with Crippen LogP contribution in [0.5, 0.6) is 0 Å². The fourth-order valence-electron chi connectivity index (χ4n) is 3.45. The maximum atomic E-state index is 12.4. The molecule has 164 valence electrons. The Morgan fingerprint density at radius 1 is 0.893 bits per heavy atom. The monoisotopic (exact) mass is 397 g/mol. The summed E-state index contributed by atoms with van der Waals surface area (Å²) in [4.78, 5) is 26.1. The quantitative estimate of drug-likeness (QED) is 0.278.